The summed E-state index contributed by atoms with van der Waals surface area (Å²) in [5.41, 5.74) is 5.66. The number of carbonyl (C=O) groups excluding carboxylic acids is 1. The molecule has 1 aromatic rings. The molecule has 0 aromatic heterocycles. The third-order valence-electron chi connectivity index (χ3n) is 3.07. The van der Waals surface area contributed by atoms with Crippen molar-refractivity contribution >= 4 is 17.3 Å². The number of amides is 1. The number of carbonyl (C=O) groups is 1. The highest BCUT2D eigenvalue weighted by atomic mass is 16.6. The monoisotopic (exact) mass is 280 g/mol. The maximum atomic E-state index is 12.0. The molecule has 20 heavy (non-hydrogen) atoms. The van der Waals surface area contributed by atoms with Gasteiger partial charge in [-0.25, -0.2) is 0 Å². The summed E-state index contributed by atoms with van der Waals surface area (Å²) in [5.74, 6) is -0.476. The minimum atomic E-state index is -0.585. The molecular formula is C13H20N4O3. The first-order valence-electron chi connectivity index (χ1n) is 6.54. The molecule has 7 heteroatoms. The molecule has 0 bridgehead atoms. The van der Waals surface area contributed by atoms with E-state index < -0.39 is 10.8 Å². The smallest absolute Gasteiger partial charge is 0.282 e. The standard InChI is InChI=1S/C13H20N4O3/c1-3-16(4-2)8-7-15-13(18)11-9-10(14)5-6-12(11)17(19)20/h5-6,9H,3-4,7-8,14H2,1-2H3,(H,15,18). The van der Waals surface area contributed by atoms with Gasteiger partial charge in [-0.1, -0.05) is 13.8 Å². The number of anilines is 1. The van der Waals surface area contributed by atoms with Crippen LogP contribution >= 0.6 is 0 Å². The van der Waals surface area contributed by atoms with Gasteiger partial charge >= 0.3 is 0 Å². The Bertz CT molecular complexity index is 487. The van der Waals surface area contributed by atoms with E-state index in [1.54, 1.807) is 0 Å². The van der Waals surface area contributed by atoms with Gasteiger partial charge in [0.15, 0.2) is 0 Å². The lowest BCUT2D eigenvalue weighted by Crippen LogP contribution is -2.35. The zero-order chi connectivity index (χ0) is 15.1. The molecule has 1 rings (SSSR count). The van der Waals surface area contributed by atoms with Gasteiger partial charge in [0.05, 0.1) is 4.92 Å². The molecule has 0 spiro atoms. The van der Waals surface area contributed by atoms with Crippen molar-refractivity contribution in [3.63, 3.8) is 0 Å². The van der Waals surface area contributed by atoms with Gasteiger partial charge < -0.3 is 16.0 Å². The van der Waals surface area contributed by atoms with Crippen molar-refractivity contribution in [3.8, 4) is 0 Å². The van der Waals surface area contributed by atoms with Crippen molar-refractivity contribution in [1.29, 1.82) is 0 Å². The van der Waals surface area contributed by atoms with Crippen LogP contribution in [0.3, 0.4) is 0 Å². The molecular weight excluding hydrogens is 260 g/mol. The van der Waals surface area contributed by atoms with Gasteiger partial charge in [-0.3, -0.25) is 14.9 Å². The van der Waals surface area contributed by atoms with Gasteiger partial charge in [0, 0.05) is 24.8 Å². The Hall–Kier alpha value is -2.15. The summed E-state index contributed by atoms with van der Waals surface area (Å²) in [5, 5.41) is 13.6. The molecule has 7 nitrogen and oxygen atoms in total. The third-order valence-corrected chi connectivity index (χ3v) is 3.07. The Morgan fingerprint density at radius 3 is 2.60 bits per heavy atom. The van der Waals surface area contributed by atoms with Crippen LogP contribution in [0.15, 0.2) is 18.2 Å². The van der Waals surface area contributed by atoms with E-state index >= 15 is 0 Å². The van der Waals surface area contributed by atoms with Gasteiger partial charge in [-0.05, 0) is 25.2 Å². The lowest BCUT2D eigenvalue weighted by atomic mass is 10.1. The normalized spacial score (nSPS) is 10.6. The van der Waals surface area contributed by atoms with E-state index in [1.807, 2.05) is 13.8 Å². The molecule has 0 saturated carbocycles. The Balaban J connectivity index is 2.72. The minimum Gasteiger partial charge on any atom is -0.399 e. The molecule has 0 saturated heterocycles. The van der Waals surface area contributed by atoms with Crippen molar-refractivity contribution in [1.82, 2.24) is 10.2 Å². The second-order valence-electron chi connectivity index (χ2n) is 4.32. The first-order chi connectivity index (χ1) is 9.49. The Morgan fingerprint density at radius 2 is 2.05 bits per heavy atom. The molecule has 1 amide bonds. The molecule has 0 atom stereocenters. The van der Waals surface area contributed by atoms with Gasteiger partial charge in [0.2, 0.25) is 0 Å². The van der Waals surface area contributed by atoms with Crippen molar-refractivity contribution in [2.24, 2.45) is 0 Å². The Labute approximate surface area is 117 Å². The van der Waals surface area contributed by atoms with Crippen molar-refractivity contribution in [2.75, 3.05) is 31.9 Å². The number of nitrogens with one attached hydrogen (secondary N) is 1. The molecule has 0 aliphatic rings. The van der Waals surface area contributed by atoms with E-state index in [2.05, 4.69) is 10.2 Å². The zero-order valence-corrected chi connectivity index (χ0v) is 11.8. The summed E-state index contributed by atoms with van der Waals surface area (Å²) >= 11 is 0. The SMILES string of the molecule is CCN(CC)CCNC(=O)c1cc(N)ccc1[N+](=O)[O-]. The van der Waals surface area contributed by atoms with E-state index in [-0.39, 0.29) is 11.3 Å². The minimum absolute atomic E-state index is 0.00505. The summed E-state index contributed by atoms with van der Waals surface area (Å²) in [6.45, 7) is 7.00. The fourth-order valence-corrected chi connectivity index (χ4v) is 1.86. The molecule has 1 aromatic carbocycles. The maximum absolute atomic E-state index is 12.0. The summed E-state index contributed by atoms with van der Waals surface area (Å²) in [7, 11) is 0. The van der Waals surface area contributed by atoms with Crippen LogP contribution in [0.1, 0.15) is 24.2 Å². The Morgan fingerprint density at radius 1 is 1.40 bits per heavy atom. The highest BCUT2D eigenvalue weighted by Crippen LogP contribution is 2.20. The van der Waals surface area contributed by atoms with E-state index in [0.717, 1.165) is 13.1 Å². The third kappa shape index (κ3) is 4.20. The number of benzene rings is 1. The van der Waals surface area contributed by atoms with Crippen LogP contribution in [0.4, 0.5) is 11.4 Å². The van der Waals surface area contributed by atoms with E-state index in [0.29, 0.717) is 18.8 Å². The number of likely N-dealkylation sites (N-methyl/N-ethyl adjacent to an activating group) is 1. The molecule has 0 heterocycles. The van der Waals surface area contributed by atoms with Crippen LogP contribution in [0, 0.1) is 10.1 Å². The largest absolute Gasteiger partial charge is 0.399 e. The molecule has 3 N–H and O–H groups in total. The van der Waals surface area contributed by atoms with Crippen molar-refractivity contribution < 1.29 is 9.72 Å². The van der Waals surface area contributed by atoms with Crippen LogP contribution in [0.25, 0.3) is 0 Å². The lowest BCUT2D eigenvalue weighted by molar-refractivity contribution is -0.385. The number of nitro groups is 1. The number of nitrogen functional groups attached to an aromatic ring is 1. The number of nitro benzene ring substituents is 1. The van der Waals surface area contributed by atoms with Crippen LogP contribution in [0.2, 0.25) is 0 Å². The maximum Gasteiger partial charge on any atom is 0.282 e. The van der Waals surface area contributed by atoms with Gasteiger partial charge in [0.25, 0.3) is 11.6 Å². The van der Waals surface area contributed by atoms with E-state index in [1.165, 1.54) is 18.2 Å². The molecule has 0 fully saturated rings. The van der Waals surface area contributed by atoms with Crippen LogP contribution in [0.5, 0.6) is 0 Å². The summed E-state index contributed by atoms with van der Waals surface area (Å²) in [6.07, 6.45) is 0. The van der Waals surface area contributed by atoms with Gasteiger partial charge in [0.1, 0.15) is 5.56 Å². The average molecular weight is 280 g/mol. The highest BCUT2D eigenvalue weighted by Gasteiger charge is 2.19. The molecule has 0 unspecified atom stereocenters. The first-order valence-corrected chi connectivity index (χ1v) is 6.54. The highest BCUT2D eigenvalue weighted by molar-refractivity contribution is 5.99. The lowest BCUT2D eigenvalue weighted by Gasteiger charge is -2.17. The number of nitrogens with zero attached hydrogens (tertiary/aromatic N) is 2. The number of rotatable bonds is 7. The predicted octanol–water partition coefficient (Wildman–Crippen LogP) is 1.25. The molecule has 0 radical (unpaired) electrons. The molecule has 0 aliphatic carbocycles. The topological polar surface area (TPSA) is 102 Å². The van der Waals surface area contributed by atoms with E-state index in [4.69, 9.17) is 5.73 Å². The fraction of sp³-hybridized carbons (Fsp3) is 0.462. The van der Waals surface area contributed by atoms with Crippen molar-refractivity contribution in [3.05, 3.63) is 33.9 Å². The van der Waals surface area contributed by atoms with Gasteiger partial charge in [-0.2, -0.15) is 0 Å². The summed E-state index contributed by atoms with van der Waals surface area (Å²) < 4.78 is 0. The quantitative estimate of drug-likeness (QED) is 0.444. The van der Waals surface area contributed by atoms with E-state index in [9.17, 15) is 14.9 Å². The summed E-state index contributed by atoms with van der Waals surface area (Å²) in [4.78, 5) is 24.4. The second kappa shape index (κ2) is 7.44. The second-order valence-corrected chi connectivity index (χ2v) is 4.32. The predicted molar refractivity (Wildman–Crippen MR) is 77.6 cm³/mol. The number of hydrogen-bond acceptors (Lipinski definition) is 5. The van der Waals surface area contributed by atoms with Crippen LogP contribution < -0.4 is 11.1 Å². The fourth-order valence-electron chi connectivity index (χ4n) is 1.86. The van der Waals surface area contributed by atoms with Gasteiger partial charge in [-0.15, -0.1) is 0 Å². The number of hydrogen-bond donors (Lipinski definition) is 2. The average Bonchev–Trinajstić information content (AvgIpc) is 2.43. The summed E-state index contributed by atoms with van der Waals surface area (Å²) in [6, 6.07) is 3.98. The van der Waals surface area contributed by atoms with Crippen molar-refractivity contribution in [2.45, 2.75) is 13.8 Å². The van der Waals surface area contributed by atoms with Crippen LogP contribution in [-0.4, -0.2) is 41.9 Å². The molecule has 0 aliphatic heterocycles. The molecule has 110 valence electrons. The van der Waals surface area contributed by atoms with Crippen LogP contribution in [-0.2, 0) is 0 Å². The Kier molecular flexibility index (Phi) is 5.92. The zero-order valence-electron chi connectivity index (χ0n) is 11.8. The first kappa shape index (κ1) is 15.9. The number of nitrogens with two attached hydrogens (primary N) is 1.